The maximum atomic E-state index is 13.9. The molecule has 1 N–H and O–H groups in total. The molecule has 1 aliphatic rings. The summed E-state index contributed by atoms with van der Waals surface area (Å²) in [5.74, 6) is 1.66. The zero-order valence-electron chi connectivity index (χ0n) is 27.6. The molecule has 1 fully saturated rings. The first-order valence-electron chi connectivity index (χ1n) is 16.0. The van der Waals surface area contributed by atoms with Crippen LogP contribution in [-0.2, 0) is 15.9 Å². The van der Waals surface area contributed by atoms with Crippen LogP contribution in [0.5, 0.6) is 11.5 Å². The van der Waals surface area contributed by atoms with E-state index in [0.717, 1.165) is 32.2 Å². The number of benzene rings is 2. The second kappa shape index (κ2) is 18.5. The second-order valence-corrected chi connectivity index (χ2v) is 12.3. The van der Waals surface area contributed by atoms with Crippen LogP contribution in [0.15, 0.2) is 48.5 Å². The van der Waals surface area contributed by atoms with Crippen LogP contribution in [-0.4, -0.2) is 94.1 Å². The smallest absolute Gasteiger partial charge is 0.409 e. The summed E-state index contributed by atoms with van der Waals surface area (Å²) in [5, 5.41) is 3.48. The highest BCUT2D eigenvalue weighted by molar-refractivity contribution is 5.95. The van der Waals surface area contributed by atoms with Crippen LogP contribution in [0.4, 0.5) is 4.79 Å². The van der Waals surface area contributed by atoms with Crippen molar-refractivity contribution in [2.45, 2.75) is 65.5 Å². The molecule has 44 heavy (non-hydrogen) atoms. The van der Waals surface area contributed by atoms with E-state index < -0.39 is 0 Å². The summed E-state index contributed by atoms with van der Waals surface area (Å²) < 4.78 is 22.4. The molecule has 9 heteroatoms. The average Bonchev–Trinajstić information content (AvgIpc) is 3.02. The van der Waals surface area contributed by atoms with Gasteiger partial charge in [0.05, 0.1) is 20.3 Å². The molecule has 0 aliphatic carbocycles. The SMILES string of the molecule is COCCCOc1cc(C(=O)N(C(C)C)C2CNCC(COC(=O)N(CCc3ccccc3)CCC(C)C)C2)ccc1OC. The third kappa shape index (κ3) is 11.0. The Bertz CT molecular complexity index is 1140. The molecule has 1 saturated heterocycles. The van der Waals surface area contributed by atoms with E-state index in [1.54, 1.807) is 32.4 Å². The number of hydrogen-bond donors (Lipinski definition) is 1. The van der Waals surface area contributed by atoms with E-state index in [1.165, 1.54) is 5.56 Å². The van der Waals surface area contributed by atoms with Gasteiger partial charge in [-0.25, -0.2) is 4.79 Å². The van der Waals surface area contributed by atoms with Gasteiger partial charge in [-0.1, -0.05) is 44.2 Å². The number of nitrogens with one attached hydrogen (secondary N) is 1. The van der Waals surface area contributed by atoms with E-state index >= 15 is 0 Å². The number of carbonyl (C=O) groups excluding carboxylic acids is 2. The predicted molar refractivity (Wildman–Crippen MR) is 174 cm³/mol. The molecule has 2 aromatic rings. The fourth-order valence-corrected chi connectivity index (χ4v) is 5.52. The zero-order valence-corrected chi connectivity index (χ0v) is 27.6. The van der Waals surface area contributed by atoms with Gasteiger partial charge in [0.25, 0.3) is 5.91 Å². The highest BCUT2D eigenvalue weighted by Crippen LogP contribution is 2.30. The Labute approximate surface area is 264 Å². The first-order chi connectivity index (χ1) is 21.2. The monoisotopic (exact) mass is 611 g/mol. The third-order valence-corrected chi connectivity index (χ3v) is 7.95. The van der Waals surface area contributed by atoms with Gasteiger partial charge < -0.3 is 34.1 Å². The number of rotatable bonds is 17. The van der Waals surface area contributed by atoms with Crippen LogP contribution in [0, 0.1) is 11.8 Å². The van der Waals surface area contributed by atoms with Crippen molar-refractivity contribution in [2.75, 3.05) is 60.2 Å². The lowest BCUT2D eigenvalue weighted by molar-refractivity contribution is 0.0437. The quantitative estimate of drug-likeness (QED) is 0.231. The third-order valence-electron chi connectivity index (χ3n) is 7.95. The Morgan fingerprint density at radius 3 is 2.41 bits per heavy atom. The first-order valence-corrected chi connectivity index (χ1v) is 16.0. The van der Waals surface area contributed by atoms with Crippen molar-refractivity contribution in [1.29, 1.82) is 0 Å². The van der Waals surface area contributed by atoms with Gasteiger partial charge in [-0.15, -0.1) is 0 Å². The van der Waals surface area contributed by atoms with Crippen LogP contribution in [0.2, 0.25) is 0 Å². The van der Waals surface area contributed by atoms with Gasteiger partial charge in [-0.05, 0) is 62.8 Å². The summed E-state index contributed by atoms with van der Waals surface area (Å²) >= 11 is 0. The van der Waals surface area contributed by atoms with E-state index in [4.69, 9.17) is 18.9 Å². The normalized spacial score (nSPS) is 16.5. The van der Waals surface area contributed by atoms with Crippen molar-refractivity contribution in [2.24, 2.45) is 11.8 Å². The lowest BCUT2D eigenvalue weighted by atomic mass is 9.94. The van der Waals surface area contributed by atoms with Crippen molar-refractivity contribution in [3.8, 4) is 11.5 Å². The number of piperidine rings is 1. The largest absolute Gasteiger partial charge is 0.493 e. The van der Waals surface area contributed by atoms with Gasteiger partial charge >= 0.3 is 6.09 Å². The van der Waals surface area contributed by atoms with Crippen LogP contribution >= 0.6 is 0 Å². The Balaban J connectivity index is 1.63. The minimum atomic E-state index is -0.267. The fraction of sp³-hybridized carbons (Fsp3) is 0.600. The molecule has 1 heterocycles. The van der Waals surface area contributed by atoms with Crippen molar-refractivity contribution >= 4 is 12.0 Å². The highest BCUT2D eigenvalue weighted by Gasteiger charge is 2.33. The van der Waals surface area contributed by atoms with Crippen molar-refractivity contribution in [1.82, 2.24) is 15.1 Å². The Kier molecular flexibility index (Phi) is 14.8. The van der Waals surface area contributed by atoms with Gasteiger partial charge in [-0.2, -0.15) is 0 Å². The molecule has 2 atom stereocenters. The topological polar surface area (TPSA) is 89.6 Å². The van der Waals surface area contributed by atoms with Crippen LogP contribution in [0.1, 0.15) is 62.9 Å². The second-order valence-electron chi connectivity index (χ2n) is 12.3. The molecule has 1 aliphatic heterocycles. The molecular formula is C35H53N3O6. The van der Waals surface area contributed by atoms with E-state index in [1.807, 2.05) is 41.8 Å². The first kappa shape index (κ1) is 35.2. The summed E-state index contributed by atoms with van der Waals surface area (Å²) in [6, 6.07) is 15.5. The molecular weight excluding hydrogens is 558 g/mol. The maximum Gasteiger partial charge on any atom is 0.409 e. The Morgan fingerprint density at radius 1 is 0.955 bits per heavy atom. The van der Waals surface area contributed by atoms with Gasteiger partial charge in [0.15, 0.2) is 11.5 Å². The zero-order chi connectivity index (χ0) is 31.9. The minimum absolute atomic E-state index is 0.0201. The number of amides is 2. The molecule has 2 aromatic carbocycles. The van der Waals surface area contributed by atoms with Gasteiger partial charge in [-0.3, -0.25) is 4.79 Å². The van der Waals surface area contributed by atoms with Crippen molar-refractivity contribution in [3.63, 3.8) is 0 Å². The maximum absolute atomic E-state index is 13.9. The predicted octanol–water partition coefficient (Wildman–Crippen LogP) is 5.67. The van der Waals surface area contributed by atoms with Crippen LogP contribution in [0.3, 0.4) is 0 Å². The molecule has 244 valence electrons. The average molecular weight is 612 g/mol. The number of hydrogen-bond acceptors (Lipinski definition) is 7. The molecule has 0 radical (unpaired) electrons. The standard InChI is InChI=1S/C35H53N3O6/c1-26(2)15-17-37(18-16-28-11-8-7-9-12-28)35(40)44-25-29-21-31(24-36-23-29)38(27(3)4)34(39)30-13-14-32(42-6)33(22-30)43-20-10-19-41-5/h7-9,11-14,22,26-27,29,31,36H,10,15-21,23-25H2,1-6H3. The summed E-state index contributed by atoms with van der Waals surface area (Å²) in [7, 11) is 3.25. The lowest BCUT2D eigenvalue weighted by Crippen LogP contribution is -2.54. The molecule has 0 aromatic heterocycles. The van der Waals surface area contributed by atoms with E-state index in [9.17, 15) is 9.59 Å². The van der Waals surface area contributed by atoms with E-state index in [2.05, 4.69) is 31.3 Å². The van der Waals surface area contributed by atoms with Gasteiger partial charge in [0.2, 0.25) is 0 Å². The minimum Gasteiger partial charge on any atom is -0.493 e. The Morgan fingerprint density at radius 2 is 1.73 bits per heavy atom. The van der Waals surface area contributed by atoms with Crippen LogP contribution in [0.25, 0.3) is 0 Å². The number of methoxy groups -OCH3 is 2. The highest BCUT2D eigenvalue weighted by atomic mass is 16.6. The summed E-state index contributed by atoms with van der Waals surface area (Å²) in [6.45, 7) is 12.5. The molecule has 2 unspecified atom stereocenters. The molecule has 9 nitrogen and oxygen atoms in total. The molecule has 0 bridgehead atoms. The van der Waals surface area contributed by atoms with Crippen molar-refractivity contribution < 1.29 is 28.5 Å². The fourth-order valence-electron chi connectivity index (χ4n) is 5.52. The molecule has 0 spiro atoms. The lowest BCUT2D eigenvalue weighted by Gasteiger charge is -2.40. The Hall–Kier alpha value is -3.30. The van der Waals surface area contributed by atoms with Crippen molar-refractivity contribution in [3.05, 3.63) is 59.7 Å². The summed E-state index contributed by atoms with van der Waals surface area (Å²) in [5.41, 5.74) is 1.75. The summed E-state index contributed by atoms with van der Waals surface area (Å²) in [6.07, 6.45) is 2.93. The van der Waals surface area contributed by atoms with Gasteiger partial charge in [0, 0.05) is 69.9 Å². The summed E-state index contributed by atoms with van der Waals surface area (Å²) in [4.78, 5) is 30.9. The number of carbonyl (C=O) groups is 2. The van der Waals surface area contributed by atoms with Crippen LogP contribution < -0.4 is 14.8 Å². The molecule has 2 amide bonds. The number of nitrogens with zero attached hydrogens (tertiary/aromatic N) is 2. The molecule has 0 saturated carbocycles. The van der Waals surface area contributed by atoms with E-state index in [0.29, 0.717) is 62.4 Å². The molecule has 3 rings (SSSR count). The van der Waals surface area contributed by atoms with Gasteiger partial charge in [0.1, 0.15) is 0 Å². The number of ether oxygens (including phenoxy) is 4. The van der Waals surface area contributed by atoms with E-state index in [-0.39, 0.29) is 30.0 Å².